The molecule has 1 heterocycles. The summed E-state index contributed by atoms with van der Waals surface area (Å²) in [6.45, 7) is 0.340. The van der Waals surface area contributed by atoms with Crippen LogP contribution in [0, 0.1) is 5.41 Å². The van der Waals surface area contributed by atoms with Crippen LogP contribution in [0.5, 0.6) is 0 Å². The molecule has 8 nitrogen and oxygen atoms in total. The van der Waals surface area contributed by atoms with E-state index in [9.17, 15) is 13.6 Å². The third-order valence-corrected chi connectivity index (χ3v) is 3.28. The van der Waals surface area contributed by atoms with Crippen LogP contribution in [-0.2, 0) is 16.4 Å². The van der Waals surface area contributed by atoms with Crippen molar-refractivity contribution in [2.24, 2.45) is 0 Å². The van der Waals surface area contributed by atoms with Crippen LogP contribution in [0.2, 0.25) is 0 Å². The van der Waals surface area contributed by atoms with Gasteiger partial charge in [0.05, 0.1) is 0 Å². The van der Waals surface area contributed by atoms with E-state index in [2.05, 4.69) is 15.4 Å². The first-order valence-electron chi connectivity index (χ1n) is 5.61. The van der Waals surface area contributed by atoms with E-state index in [1.165, 1.54) is 0 Å². The van der Waals surface area contributed by atoms with Gasteiger partial charge in [-0.3, -0.25) is 5.41 Å². The van der Waals surface area contributed by atoms with E-state index in [4.69, 9.17) is 5.41 Å². The van der Waals surface area contributed by atoms with Crippen LogP contribution in [0.4, 0.5) is 5.82 Å². The molecule has 2 aromatic rings. The van der Waals surface area contributed by atoms with Crippen molar-refractivity contribution in [2.45, 2.75) is 11.7 Å². The van der Waals surface area contributed by atoms with Crippen molar-refractivity contribution < 1.29 is 13.6 Å². The van der Waals surface area contributed by atoms with E-state index in [-0.39, 0.29) is 10.7 Å². The second-order valence-corrected chi connectivity index (χ2v) is 6.00. The van der Waals surface area contributed by atoms with Crippen LogP contribution in [0.25, 0.3) is 0 Å². The van der Waals surface area contributed by atoms with Gasteiger partial charge >= 0.3 is 0 Å². The molecule has 0 unspecified atom stereocenters. The predicted octanol–water partition coefficient (Wildman–Crippen LogP) is 0.0105. The van der Waals surface area contributed by atoms with Crippen molar-refractivity contribution in [3.63, 3.8) is 0 Å². The zero-order chi connectivity index (χ0) is 14.8. The highest BCUT2D eigenvalue weighted by Gasteiger charge is 2.15. The number of nitrogens with one attached hydrogen (secondary N) is 2. The van der Waals surface area contributed by atoms with Gasteiger partial charge in [-0.2, -0.15) is 4.98 Å². The molecule has 2 rings (SSSR count). The second kappa shape index (κ2) is 5.29. The monoisotopic (exact) mass is 295 g/mol. The maximum absolute atomic E-state index is 11.4. The van der Waals surface area contributed by atoms with Crippen molar-refractivity contribution in [3.05, 3.63) is 41.4 Å². The minimum atomic E-state index is -3.67. The van der Waals surface area contributed by atoms with Gasteiger partial charge in [0.15, 0.2) is 5.82 Å². The molecule has 106 valence electrons. The fourth-order valence-electron chi connectivity index (χ4n) is 1.46. The molecule has 0 saturated heterocycles. The molecule has 0 radical (unpaired) electrons. The quantitative estimate of drug-likeness (QED) is 0.683. The van der Waals surface area contributed by atoms with Crippen molar-refractivity contribution in [2.75, 3.05) is 11.6 Å². The normalized spacial score (nSPS) is 11.2. The molecule has 0 amide bonds. The number of anilines is 1. The summed E-state index contributed by atoms with van der Waals surface area (Å²) in [5.74, 6) is -0.0632. The largest absolute Gasteiger partial charge is 0.410 e. The van der Waals surface area contributed by atoms with E-state index in [1.54, 1.807) is 0 Å². The first-order chi connectivity index (χ1) is 9.38. The third kappa shape index (κ3) is 3.12. The second-order valence-electron chi connectivity index (χ2n) is 4.09. The first-order valence-corrected chi connectivity index (χ1v) is 7.50. The Morgan fingerprint density at radius 1 is 1.35 bits per heavy atom. The minimum absolute atomic E-state index is 0.0632. The summed E-state index contributed by atoms with van der Waals surface area (Å²) in [5, 5.41) is 22.6. The van der Waals surface area contributed by atoms with Crippen molar-refractivity contribution in [3.8, 4) is 0 Å². The molecule has 0 fully saturated rings. The van der Waals surface area contributed by atoms with Gasteiger partial charge in [0.2, 0.25) is 15.3 Å². The highest BCUT2D eigenvalue weighted by Crippen LogP contribution is 2.05. The lowest BCUT2D eigenvalue weighted by molar-refractivity contribution is 0.122. The van der Waals surface area contributed by atoms with E-state index >= 15 is 0 Å². The summed E-state index contributed by atoms with van der Waals surface area (Å²) in [4.78, 5) is 3.92. The Bertz CT molecular complexity index is 770. The average molecular weight is 295 g/mol. The van der Waals surface area contributed by atoms with Gasteiger partial charge in [-0.1, -0.05) is 35.2 Å². The number of hydrogen-bond acceptors (Lipinski definition) is 7. The number of rotatable bonds is 4. The summed E-state index contributed by atoms with van der Waals surface area (Å²) < 4.78 is 22.8. The topological polar surface area (TPSA) is 121 Å². The molecule has 0 aliphatic carbocycles. The van der Waals surface area contributed by atoms with E-state index in [1.807, 2.05) is 30.3 Å². The van der Waals surface area contributed by atoms with Crippen LogP contribution >= 0.6 is 0 Å². The van der Waals surface area contributed by atoms with Crippen LogP contribution in [0.3, 0.4) is 0 Å². The maximum Gasteiger partial charge on any atom is 0.270 e. The van der Waals surface area contributed by atoms with Crippen molar-refractivity contribution >= 4 is 15.7 Å². The Labute approximate surface area is 115 Å². The Balaban J connectivity index is 2.32. The molecular weight excluding hydrogens is 282 g/mol. The van der Waals surface area contributed by atoms with Gasteiger partial charge in [-0.15, -0.1) is 5.10 Å². The molecule has 0 spiro atoms. The molecule has 9 heteroatoms. The Morgan fingerprint density at radius 2 is 2.00 bits per heavy atom. The SMILES string of the molecule is CS(=O)(=O)c1nc(NCc2ccccc2)c(=N)n(O)n1. The van der Waals surface area contributed by atoms with Gasteiger partial charge < -0.3 is 10.5 Å². The van der Waals surface area contributed by atoms with Crippen molar-refractivity contribution in [1.82, 2.24) is 14.9 Å². The molecule has 1 aromatic carbocycles. The average Bonchev–Trinajstić information content (AvgIpc) is 2.40. The van der Waals surface area contributed by atoms with Crippen LogP contribution in [0.1, 0.15) is 5.56 Å². The first kappa shape index (κ1) is 14.0. The molecule has 20 heavy (non-hydrogen) atoms. The fraction of sp³-hybridized carbons (Fsp3) is 0.182. The minimum Gasteiger partial charge on any atom is -0.410 e. The van der Waals surface area contributed by atoms with Gasteiger partial charge in [-0.25, -0.2) is 8.42 Å². The van der Waals surface area contributed by atoms with E-state index in [0.717, 1.165) is 11.8 Å². The molecule has 0 bridgehead atoms. The van der Waals surface area contributed by atoms with E-state index < -0.39 is 20.5 Å². The summed E-state index contributed by atoms with van der Waals surface area (Å²) in [6, 6.07) is 9.30. The van der Waals surface area contributed by atoms with Gasteiger partial charge in [0, 0.05) is 12.8 Å². The number of nitrogens with zero attached hydrogens (tertiary/aromatic N) is 3. The Hall–Kier alpha value is -2.42. The smallest absolute Gasteiger partial charge is 0.270 e. The lowest BCUT2D eigenvalue weighted by atomic mass is 10.2. The lowest BCUT2D eigenvalue weighted by Crippen LogP contribution is -2.28. The Morgan fingerprint density at radius 3 is 2.60 bits per heavy atom. The van der Waals surface area contributed by atoms with E-state index in [0.29, 0.717) is 6.54 Å². The zero-order valence-electron chi connectivity index (χ0n) is 10.6. The van der Waals surface area contributed by atoms with Crippen LogP contribution < -0.4 is 10.8 Å². The number of sulfone groups is 1. The molecule has 1 aromatic heterocycles. The zero-order valence-corrected chi connectivity index (χ0v) is 11.4. The summed E-state index contributed by atoms with van der Waals surface area (Å²) >= 11 is 0. The molecule has 0 aliphatic rings. The van der Waals surface area contributed by atoms with Gasteiger partial charge in [-0.05, 0) is 5.56 Å². The summed E-state index contributed by atoms with van der Waals surface area (Å²) in [7, 11) is -3.67. The van der Waals surface area contributed by atoms with Gasteiger partial charge in [0.25, 0.3) is 5.16 Å². The standard InChI is InChI=1S/C11H13N5O3S/c1-20(18,19)11-14-10(9(12)16(17)15-11)13-7-8-5-3-2-4-6-8/h2-6,12,17H,7H2,1H3,(H,13,14,15). The third-order valence-electron chi connectivity index (χ3n) is 2.45. The molecule has 3 N–H and O–H groups in total. The summed E-state index contributed by atoms with van der Waals surface area (Å²) in [6.07, 6.45) is 0.924. The molecule has 0 saturated carbocycles. The van der Waals surface area contributed by atoms with Crippen LogP contribution in [-0.4, -0.2) is 34.8 Å². The van der Waals surface area contributed by atoms with Crippen molar-refractivity contribution in [1.29, 1.82) is 5.41 Å². The predicted molar refractivity (Wildman–Crippen MR) is 69.9 cm³/mol. The van der Waals surface area contributed by atoms with Crippen LogP contribution in [0.15, 0.2) is 35.5 Å². The lowest BCUT2D eigenvalue weighted by Gasteiger charge is -2.08. The molecule has 0 aliphatic heterocycles. The molecule has 0 atom stereocenters. The maximum atomic E-state index is 11.4. The number of hydrogen-bond donors (Lipinski definition) is 3. The number of aromatic nitrogens is 3. The molecular formula is C11H13N5O3S. The highest BCUT2D eigenvalue weighted by atomic mass is 32.2. The number of benzene rings is 1. The highest BCUT2D eigenvalue weighted by molar-refractivity contribution is 7.90. The summed E-state index contributed by atoms with van der Waals surface area (Å²) in [5.41, 5.74) is 0.504. The fourth-order valence-corrected chi connectivity index (χ4v) is 1.94. The Kier molecular flexibility index (Phi) is 3.70. The van der Waals surface area contributed by atoms with Gasteiger partial charge in [0.1, 0.15) is 0 Å².